The highest BCUT2D eigenvalue weighted by Gasteiger charge is 2.19. The number of hydrogen-bond acceptors (Lipinski definition) is 6. The predicted molar refractivity (Wildman–Crippen MR) is 82.2 cm³/mol. The number of thioether (sulfide) groups is 1. The predicted octanol–water partition coefficient (Wildman–Crippen LogP) is 3.06. The first-order chi connectivity index (χ1) is 9.58. The number of nitrogens with zero attached hydrogens (tertiary/aromatic N) is 3. The average Bonchev–Trinajstić information content (AvgIpc) is 2.81. The van der Waals surface area contributed by atoms with Gasteiger partial charge in [0, 0.05) is 11.1 Å². The Morgan fingerprint density at radius 3 is 2.80 bits per heavy atom. The van der Waals surface area contributed by atoms with E-state index in [1.807, 2.05) is 32.2 Å². The standard InChI is InChI=1S/C13H16N4OS2/c1-4-10(20-11-5-8(2)14-7-15-11)12(18)17-13-16-9(3)6-19-13/h5-7,10H,4H2,1-3H3,(H,16,17,18). The summed E-state index contributed by atoms with van der Waals surface area (Å²) < 4.78 is 0. The van der Waals surface area contributed by atoms with Gasteiger partial charge in [-0.05, 0) is 26.3 Å². The van der Waals surface area contributed by atoms with Gasteiger partial charge in [0.15, 0.2) is 5.13 Å². The van der Waals surface area contributed by atoms with E-state index in [1.165, 1.54) is 29.4 Å². The molecule has 2 aromatic heterocycles. The van der Waals surface area contributed by atoms with Crippen molar-refractivity contribution in [2.24, 2.45) is 0 Å². The lowest BCUT2D eigenvalue weighted by atomic mass is 10.3. The zero-order chi connectivity index (χ0) is 14.5. The van der Waals surface area contributed by atoms with Crippen LogP contribution in [-0.4, -0.2) is 26.1 Å². The van der Waals surface area contributed by atoms with Crippen molar-refractivity contribution in [2.45, 2.75) is 37.5 Å². The number of carbonyl (C=O) groups excluding carboxylic acids is 1. The first kappa shape index (κ1) is 14.9. The van der Waals surface area contributed by atoms with Crippen molar-refractivity contribution in [1.82, 2.24) is 15.0 Å². The molecule has 2 aromatic rings. The van der Waals surface area contributed by atoms with Gasteiger partial charge < -0.3 is 5.32 Å². The molecule has 2 heterocycles. The summed E-state index contributed by atoms with van der Waals surface area (Å²) in [5.74, 6) is -0.0388. The minimum Gasteiger partial charge on any atom is -0.301 e. The lowest BCUT2D eigenvalue weighted by Gasteiger charge is -2.12. The van der Waals surface area contributed by atoms with Crippen LogP contribution >= 0.6 is 23.1 Å². The average molecular weight is 308 g/mol. The number of nitrogens with one attached hydrogen (secondary N) is 1. The van der Waals surface area contributed by atoms with Gasteiger partial charge in [0.05, 0.1) is 10.9 Å². The van der Waals surface area contributed by atoms with E-state index < -0.39 is 0 Å². The zero-order valence-electron chi connectivity index (χ0n) is 11.6. The van der Waals surface area contributed by atoms with Crippen molar-refractivity contribution in [3.8, 4) is 0 Å². The maximum absolute atomic E-state index is 12.2. The van der Waals surface area contributed by atoms with Gasteiger partial charge in [0.1, 0.15) is 11.4 Å². The highest BCUT2D eigenvalue weighted by atomic mass is 32.2. The number of anilines is 1. The van der Waals surface area contributed by atoms with Crippen LogP contribution in [-0.2, 0) is 4.79 Å². The number of hydrogen-bond donors (Lipinski definition) is 1. The van der Waals surface area contributed by atoms with Gasteiger partial charge >= 0.3 is 0 Å². The molecule has 0 saturated carbocycles. The number of rotatable bonds is 5. The van der Waals surface area contributed by atoms with Crippen LogP contribution in [0.4, 0.5) is 5.13 Å². The molecule has 0 aromatic carbocycles. The molecule has 0 saturated heterocycles. The van der Waals surface area contributed by atoms with Crippen LogP contribution in [0, 0.1) is 13.8 Å². The van der Waals surface area contributed by atoms with E-state index in [4.69, 9.17) is 0 Å². The van der Waals surface area contributed by atoms with Gasteiger partial charge in [0.2, 0.25) is 5.91 Å². The summed E-state index contributed by atoms with van der Waals surface area (Å²) >= 11 is 2.89. The summed E-state index contributed by atoms with van der Waals surface area (Å²) in [4.78, 5) is 24.7. The van der Waals surface area contributed by atoms with Crippen molar-refractivity contribution in [3.63, 3.8) is 0 Å². The third-order valence-corrected chi connectivity index (χ3v) is 4.73. The highest BCUT2D eigenvalue weighted by molar-refractivity contribution is 8.00. The third-order valence-electron chi connectivity index (χ3n) is 2.55. The molecule has 0 aliphatic carbocycles. The summed E-state index contributed by atoms with van der Waals surface area (Å²) in [5.41, 5.74) is 1.81. The molecule has 7 heteroatoms. The summed E-state index contributed by atoms with van der Waals surface area (Å²) in [6.45, 7) is 5.80. The highest BCUT2D eigenvalue weighted by Crippen LogP contribution is 2.25. The Labute approximate surface area is 126 Å². The van der Waals surface area contributed by atoms with Crippen molar-refractivity contribution in [1.29, 1.82) is 0 Å². The topological polar surface area (TPSA) is 67.8 Å². The molecule has 1 N–H and O–H groups in total. The molecule has 1 atom stereocenters. The van der Waals surface area contributed by atoms with Gasteiger partial charge in [-0.2, -0.15) is 0 Å². The van der Waals surface area contributed by atoms with Crippen LogP contribution in [0.3, 0.4) is 0 Å². The third kappa shape index (κ3) is 4.01. The van der Waals surface area contributed by atoms with E-state index >= 15 is 0 Å². The fourth-order valence-electron chi connectivity index (χ4n) is 1.56. The summed E-state index contributed by atoms with van der Waals surface area (Å²) in [6, 6.07) is 1.88. The van der Waals surface area contributed by atoms with Gasteiger partial charge in [-0.1, -0.05) is 18.7 Å². The second kappa shape index (κ2) is 6.81. The minimum absolute atomic E-state index is 0.0388. The summed E-state index contributed by atoms with van der Waals surface area (Å²) in [6.07, 6.45) is 2.25. The number of aryl methyl sites for hydroxylation is 2. The fourth-order valence-corrected chi connectivity index (χ4v) is 3.22. The molecule has 0 fully saturated rings. The number of thiazole rings is 1. The Hall–Kier alpha value is -1.47. The second-order valence-electron chi connectivity index (χ2n) is 4.30. The first-order valence-electron chi connectivity index (χ1n) is 6.26. The van der Waals surface area contributed by atoms with Crippen molar-refractivity contribution in [2.75, 3.05) is 5.32 Å². The molecular weight excluding hydrogens is 292 g/mol. The Morgan fingerprint density at radius 2 is 2.20 bits per heavy atom. The number of carbonyl (C=O) groups is 1. The first-order valence-corrected chi connectivity index (χ1v) is 8.02. The lowest BCUT2D eigenvalue weighted by Crippen LogP contribution is -2.24. The van der Waals surface area contributed by atoms with E-state index in [-0.39, 0.29) is 11.2 Å². The smallest absolute Gasteiger partial charge is 0.239 e. The van der Waals surface area contributed by atoms with Crippen LogP contribution in [0.25, 0.3) is 0 Å². The number of amides is 1. The second-order valence-corrected chi connectivity index (χ2v) is 6.38. The Bertz CT molecular complexity index is 600. The van der Waals surface area contributed by atoms with Gasteiger partial charge in [-0.15, -0.1) is 11.3 Å². The van der Waals surface area contributed by atoms with Gasteiger partial charge in [-0.3, -0.25) is 4.79 Å². The summed E-state index contributed by atoms with van der Waals surface area (Å²) in [5, 5.41) is 6.04. The van der Waals surface area contributed by atoms with E-state index in [0.29, 0.717) is 5.13 Å². The lowest BCUT2D eigenvalue weighted by molar-refractivity contribution is -0.115. The van der Waals surface area contributed by atoms with Crippen LogP contribution in [0.1, 0.15) is 24.7 Å². The molecule has 1 unspecified atom stereocenters. The van der Waals surface area contributed by atoms with E-state index in [2.05, 4.69) is 20.3 Å². The van der Waals surface area contributed by atoms with Crippen LogP contribution < -0.4 is 5.32 Å². The molecule has 0 spiro atoms. The minimum atomic E-state index is -0.187. The Morgan fingerprint density at radius 1 is 1.40 bits per heavy atom. The molecule has 0 radical (unpaired) electrons. The largest absolute Gasteiger partial charge is 0.301 e. The number of aromatic nitrogens is 3. The van der Waals surface area contributed by atoms with Crippen molar-refractivity contribution < 1.29 is 4.79 Å². The molecule has 0 aliphatic rings. The molecule has 2 rings (SSSR count). The van der Waals surface area contributed by atoms with E-state index in [0.717, 1.165) is 22.8 Å². The van der Waals surface area contributed by atoms with E-state index in [9.17, 15) is 4.79 Å². The van der Waals surface area contributed by atoms with Crippen molar-refractivity contribution in [3.05, 3.63) is 29.2 Å². The molecule has 106 valence electrons. The maximum Gasteiger partial charge on any atom is 0.239 e. The molecule has 1 amide bonds. The zero-order valence-corrected chi connectivity index (χ0v) is 13.2. The molecule has 0 aliphatic heterocycles. The molecule has 0 bridgehead atoms. The Balaban J connectivity index is 2.02. The quantitative estimate of drug-likeness (QED) is 0.679. The Kier molecular flexibility index (Phi) is 5.08. The monoisotopic (exact) mass is 308 g/mol. The summed E-state index contributed by atoms with van der Waals surface area (Å²) in [7, 11) is 0. The van der Waals surface area contributed by atoms with Crippen LogP contribution in [0.5, 0.6) is 0 Å². The molecule has 5 nitrogen and oxygen atoms in total. The van der Waals surface area contributed by atoms with Crippen molar-refractivity contribution >= 4 is 34.1 Å². The van der Waals surface area contributed by atoms with Gasteiger partial charge in [0.25, 0.3) is 0 Å². The normalized spacial score (nSPS) is 12.2. The fraction of sp³-hybridized carbons (Fsp3) is 0.385. The van der Waals surface area contributed by atoms with Gasteiger partial charge in [-0.25, -0.2) is 15.0 Å². The maximum atomic E-state index is 12.2. The van der Waals surface area contributed by atoms with E-state index in [1.54, 1.807) is 0 Å². The SMILES string of the molecule is CCC(Sc1cc(C)ncn1)C(=O)Nc1nc(C)cs1. The molecular formula is C13H16N4OS2. The van der Waals surface area contributed by atoms with Crippen LogP contribution in [0.15, 0.2) is 22.8 Å². The molecule has 20 heavy (non-hydrogen) atoms. The van der Waals surface area contributed by atoms with Crippen LogP contribution in [0.2, 0.25) is 0 Å².